The van der Waals surface area contributed by atoms with Crippen molar-refractivity contribution in [3.63, 3.8) is 0 Å². The summed E-state index contributed by atoms with van der Waals surface area (Å²) in [6.07, 6.45) is 4.21. The molecular weight excluding hydrogens is 414 g/mol. The number of carbonyl (C=O) groups excluding carboxylic acids is 4. The first kappa shape index (κ1) is 23.6. The first-order valence-electron chi connectivity index (χ1n) is 11.3. The molecule has 2 aliphatic rings. The second kappa shape index (κ2) is 11.5. The molecule has 174 valence electrons. The van der Waals surface area contributed by atoms with E-state index in [1.54, 1.807) is 18.2 Å². The van der Waals surface area contributed by atoms with Gasteiger partial charge in [0.1, 0.15) is 0 Å². The van der Waals surface area contributed by atoms with Crippen LogP contribution >= 0.6 is 0 Å². The van der Waals surface area contributed by atoms with Crippen molar-refractivity contribution in [2.45, 2.75) is 45.4 Å². The molecule has 3 rings (SSSR count). The molecule has 0 aliphatic carbocycles. The number of amides is 4. The van der Waals surface area contributed by atoms with E-state index in [1.165, 1.54) is 4.90 Å². The van der Waals surface area contributed by atoms with Crippen molar-refractivity contribution in [2.75, 3.05) is 39.4 Å². The van der Waals surface area contributed by atoms with Crippen LogP contribution in [0.2, 0.25) is 0 Å². The fourth-order valence-electron chi connectivity index (χ4n) is 3.82. The summed E-state index contributed by atoms with van der Waals surface area (Å²) < 4.78 is 11.3. The van der Waals surface area contributed by atoms with Gasteiger partial charge in [-0.25, -0.2) is 0 Å². The van der Waals surface area contributed by atoms with Gasteiger partial charge in [0.25, 0.3) is 11.8 Å². The average molecular weight is 446 g/mol. The van der Waals surface area contributed by atoms with Crippen molar-refractivity contribution in [3.05, 3.63) is 23.8 Å². The lowest BCUT2D eigenvalue weighted by Crippen LogP contribution is -2.38. The summed E-state index contributed by atoms with van der Waals surface area (Å²) in [5, 5.41) is 2.79. The van der Waals surface area contributed by atoms with Crippen LogP contribution in [0, 0.1) is 0 Å². The van der Waals surface area contributed by atoms with E-state index in [0.29, 0.717) is 43.2 Å². The summed E-state index contributed by atoms with van der Waals surface area (Å²) >= 11 is 0. The average Bonchev–Trinajstić information content (AvgIpc) is 3.13. The normalized spacial score (nSPS) is 16.3. The molecule has 0 unspecified atom stereocenters. The van der Waals surface area contributed by atoms with E-state index in [-0.39, 0.29) is 43.1 Å². The number of likely N-dealkylation sites (tertiary alicyclic amines) is 2. The van der Waals surface area contributed by atoms with E-state index in [0.717, 1.165) is 32.4 Å². The van der Waals surface area contributed by atoms with E-state index in [1.807, 2.05) is 11.8 Å². The highest BCUT2D eigenvalue weighted by atomic mass is 16.5. The van der Waals surface area contributed by atoms with E-state index in [2.05, 4.69) is 5.32 Å². The second-order valence-electron chi connectivity index (χ2n) is 7.87. The van der Waals surface area contributed by atoms with Gasteiger partial charge in [-0.05, 0) is 50.8 Å². The van der Waals surface area contributed by atoms with Crippen LogP contribution in [-0.2, 0) is 14.4 Å². The van der Waals surface area contributed by atoms with Gasteiger partial charge in [-0.2, -0.15) is 0 Å². The molecule has 1 aromatic carbocycles. The van der Waals surface area contributed by atoms with Crippen LogP contribution in [0.1, 0.15) is 55.8 Å². The molecule has 0 bridgehead atoms. The number of nitrogens with one attached hydrogen (secondary N) is 1. The molecule has 4 amide bonds. The Morgan fingerprint density at radius 2 is 1.72 bits per heavy atom. The van der Waals surface area contributed by atoms with Crippen molar-refractivity contribution >= 4 is 23.6 Å². The molecule has 0 radical (unpaired) electrons. The fraction of sp³-hybridized carbons (Fsp3) is 0.565. The zero-order valence-corrected chi connectivity index (χ0v) is 18.6. The largest absolute Gasteiger partial charge is 0.490 e. The van der Waals surface area contributed by atoms with E-state index < -0.39 is 0 Å². The first-order valence-corrected chi connectivity index (χ1v) is 11.3. The van der Waals surface area contributed by atoms with Crippen LogP contribution in [0.15, 0.2) is 18.2 Å². The lowest BCUT2D eigenvalue weighted by Gasteiger charge is -2.26. The number of rotatable bonds is 10. The molecular formula is C23H31N3O6. The van der Waals surface area contributed by atoms with Crippen molar-refractivity contribution < 1.29 is 28.7 Å². The van der Waals surface area contributed by atoms with Crippen LogP contribution < -0.4 is 14.8 Å². The molecule has 9 heteroatoms. The Morgan fingerprint density at radius 3 is 2.41 bits per heavy atom. The van der Waals surface area contributed by atoms with E-state index in [4.69, 9.17) is 9.47 Å². The smallest absolute Gasteiger partial charge is 0.260 e. The molecule has 9 nitrogen and oxygen atoms in total. The Kier molecular flexibility index (Phi) is 8.47. The Bertz CT molecular complexity index is 834. The number of benzene rings is 1. The summed E-state index contributed by atoms with van der Waals surface area (Å²) in [7, 11) is 0. The van der Waals surface area contributed by atoms with Gasteiger partial charge in [-0.3, -0.25) is 24.1 Å². The quantitative estimate of drug-likeness (QED) is 0.435. The Morgan fingerprint density at radius 1 is 1.00 bits per heavy atom. The van der Waals surface area contributed by atoms with Crippen LogP contribution in [0.4, 0.5) is 0 Å². The van der Waals surface area contributed by atoms with Gasteiger partial charge in [0.15, 0.2) is 18.1 Å². The number of nitrogens with zero attached hydrogens (tertiary/aromatic N) is 2. The number of carbonyl (C=O) groups is 4. The molecule has 0 saturated carbocycles. The van der Waals surface area contributed by atoms with Crippen molar-refractivity contribution in [2.24, 2.45) is 0 Å². The Labute approximate surface area is 188 Å². The number of hydrogen-bond donors (Lipinski definition) is 1. The minimum atomic E-state index is -0.291. The van der Waals surface area contributed by atoms with Crippen LogP contribution in [-0.4, -0.2) is 72.8 Å². The highest BCUT2D eigenvalue weighted by molar-refractivity contribution is 6.01. The molecule has 2 aliphatic heterocycles. The van der Waals surface area contributed by atoms with Crippen molar-refractivity contribution in [3.8, 4) is 11.5 Å². The lowest BCUT2D eigenvalue weighted by molar-refractivity contribution is -0.138. The summed E-state index contributed by atoms with van der Waals surface area (Å²) in [5.41, 5.74) is 0.400. The highest BCUT2D eigenvalue weighted by Gasteiger charge is 2.28. The minimum Gasteiger partial charge on any atom is -0.490 e. The maximum absolute atomic E-state index is 12.5. The fourth-order valence-corrected chi connectivity index (χ4v) is 3.82. The molecule has 2 fully saturated rings. The van der Waals surface area contributed by atoms with Gasteiger partial charge in [0.2, 0.25) is 11.8 Å². The van der Waals surface area contributed by atoms with E-state index in [9.17, 15) is 19.2 Å². The summed E-state index contributed by atoms with van der Waals surface area (Å²) in [6, 6.07) is 4.84. The topological polar surface area (TPSA) is 105 Å². The second-order valence-corrected chi connectivity index (χ2v) is 7.87. The standard InChI is InChI=1S/C23H31N3O6/c1-2-31-19-15-17(23(30)24-11-6-14-26-20(27)9-10-21(26)28)7-8-18(19)32-16-22(29)25-12-4-3-5-13-25/h7-8,15H,2-6,9-14,16H2,1H3,(H,24,30). The molecule has 0 aromatic heterocycles. The molecule has 32 heavy (non-hydrogen) atoms. The van der Waals surface area contributed by atoms with Gasteiger partial charge in [0, 0.05) is 44.6 Å². The van der Waals surface area contributed by atoms with Gasteiger partial charge < -0.3 is 19.7 Å². The number of hydrogen-bond acceptors (Lipinski definition) is 6. The first-order chi connectivity index (χ1) is 15.5. The van der Waals surface area contributed by atoms with Crippen LogP contribution in [0.25, 0.3) is 0 Å². The van der Waals surface area contributed by atoms with Crippen LogP contribution in [0.3, 0.4) is 0 Å². The molecule has 1 N–H and O–H groups in total. The maximum Gasteiger partial charge on any atom is 0.260 e. The number of ether oxygens (including phenoxy) is 2. The third-order valence-corrected chi connectivity index (χ3v) is 5.56. The lowest BCUT2D eigenvalue weighted by atomic mass is 10.1. The SMILES string of the molecule is CCOc1cc(C(=O)NCCCN2C(=O)CCC2=O)ccc1OCC(=O)N1CCCCC1. The predicted octanol–water partition coefficient (Wildman–Crippen LogP) is 1.75. The minimum absolute atomic E-state index is 0.0519. The molecule has 0 spiro atoms. The molecule has 2 saturated heterocycles. The van der Waals surface area contributed by atoms with Crippen molar-refractivity contribution in [1.82, 2.24) is 15.1 Å². The monoisotopic (exact) mass is 445 g/mol. The summed E-state index contributed by atoms with van der Waals surface area (Å²) in [5.74, 6) is 0.165. The third kappa shape index (κ3) is 6.21. The molecule has 2 heterocycles. The number of piperidine rings is 1. The zero-order chi connectivity index (χ0) is 22.9. The summed E-state index contributed by atoms with van der Waals surface area (Å²) in [4.78, 5) is 51.1. The molecule has 0 atom stereocenters. The molecule has 1 aromatic rings. The van der Waals surface area contributed by atoms with Gasteiger partial charge in [-0.1, -0.05) is 0 Å². The Balaban J connectivity index is 1.51. The number of imide groups is 1. The Hall–Kier alpha value is -3.10. The highest BCUT2D eigenvalue weighted by Crippen LogP contribution is 2.28. The summed E-state index contributed by atoms with van der Waals surface area (Å²) in [6.45, 7) is 4.32. The van der Waals surface area contributed by atoms with Crippen molar-refractivity contribution in [1.29, 1.82) is 0 Å². The predicted molar refractivity (Wildman–Crippen MR) is 116 cm³/mol. The zero-order valence-electron chi connectivity index (χ0n) is 18.6. The van der Waals surface area contributed by atoms with Gasteiger partial charge in [0.05, 0.1) is 6.61 Å². The van der Waals surface area contributed by atoms with Crippen LogP contribution in [0.5, 0.6) is 11.5 Å². The van der Waals surface area contributed by atoms with Gasteiger partial charge in [-0.15, -0.1) is 0 Å². The van der Waals surface area contributed by atoms with E-state index >= 15 is 0 Å². The third-order valence-electron chi connectivity index (χ3n) is 5.56. The maximum atomic E-state index is 12.5. The van der Waals surface area contributed by atoms with Gasteiger partial charge >= 0.3 is 0 Å².